The van der Waals surface area contributed by atoms with E-state index in [9.17, 15) is 9.90 Å². The number of thiazole rings is 1. The summed E-state index contributed by atoms with van der Waals surface area (Å²) in [6, 6.07) is 16.9. The fourth-order valence-corrected chi connectivity index (χ4v) is 3.86. The van der Waals surface area contributed by atoms with Gasteiger partial charge in [0.05, 0.1) is 39.6 Å². The minimum Gasteiger partial charge on any atom is -0.394 e. The van der Waals surface area contributed by atoms with E-state index in [-0.39, 0.29) is 18.6 Å². The number of fused-ring (bicyclic) bond motifs is 1. The van der Waals surface area contributed by atoms with Crippen molar-refractivity contribution in [3.05, 3.63) is 77.4 Å². The largest absolute Gasteiger partial charge is 0.394 e. The molecular formula is C24H27N5O2S. The first-order valence-corrected chi connectivity index (χ1v) is 11.3. The highest BCUT2D eigenvalue weighted by Gasteiger charge is 2.17. The van der Waals surface area contributed by atoms with Crippen LogP contribution in [0.15, 0.2) is 66.3 Å². The zero-order valence-electron chi connectivity index (χ0n) is 18.3. The number of nitrogens with zero attached hydrogens (tertiary/aromatic N) is 2. The summed E-state index contributed by atoms with van der Waals surface area (Å²) in [6.07, 6.45) is 1.52. The molecule has 1 atom stereocenters. The van der Waals surface area contributed by atoms with Crippen LogP contribution in [0, 0.1) is 0 Å². The Balaban J connectivity index is 0.00000141. The van der Waals surface area contributed by atoms with Crippen molar-refractivity contribution in [3.63, 3.8) is 0 Å². The maximum atomic E-state index is 12.3. The summed E-state index contributed by atoms with van der Waals surface area (Å²) in [5.74, 6) is 0.325. The normalized spacial score (nSPS) is 11.2. The van der Waals surface area contributed by atoms with Gasteiger partial charge in [-0.2, -0.15) is 0 Å². The summed E-state index contributed by atoms with van der Waals surface area (Å²) in [4.78, 5) is 21.0. The number of anilines is 3. The smallest absolute Gasteiger partial charge is 0.254 e. The van der Waals surface area contributed by atoms with E-state index in [1.54, 1.807) is 24.5 Å². The van der Waals surface area contributed by atoms with Crippen molar-refractivity contribution in [2.45, 2.75) is 19.9 Å². The number of amides is 1. The maximum absolute atomic E-state index is 12.3. The van der Waals surface area contributed by atoms with Crippen molar-refractivity contribution >= 4 is 44.7 Å². The molecule has 32 heavy (non-hydrogen) atoms. The number of hydrogen-bond donors (Lipinski definition) is 4. The third-order valence-electron chi connectivity index (χ3n) is 4.69. The fourth-order valence-electron chi connectivity index (χ4n) is 3.15. The Kier molecular flexibility index (Phi) is 8.13. The Hall–Kier alpha value is -3.49. The van der Waals surface area contributed by atoms with E-state index in [0.717, 1.165) is 21.5 Å². The van der Waals surface area contributed by atoms with Gasteiger partial charge in [-0.05, 0) is 23.8 Å². The lowest BCUT2D eigenvalue weighted by atomic mass is 10.1. The average Bonchev–Trinajstić information content (AvgIpc) is 3.32. The molecule has 2 aromatic heterocycles. The zero-order chi connectivity index (χ0) is 22.9. The third-order valence-corrected chi connectivity index (χ3v) is 5.49. The highest BCUT2D eigenvalue weighted by Crippen LogP contribution is 2.28. The molecular weight excluding hydrogens is 422 g/mol. The molecule has 4 aromatic rings. The predicted octanol–water partition coefficient (Wildman–Crippen LogP) is 4.97. The van der Waals surface area contributed by atoms with Crippen LogP contribution in [0.4, 0.5) is 17.2 Å². The molecule has 0 spiro atoms. The zero-order valence-corrected chi connectivity index (χ0v) is 19.1. The Morgan fingerprint density at radius 2 is 1.88 bits per heavy atom. The number of pyridine rings is 1. The van der Waals surface area contributed by atoms with Crippen LogP contribution in [-0.2, 0) is 0 Å². The molecule has 0 aliphatic heterocycles. The molecule has 8 heteroatoms. The van der Waals surface area contributed by atoms with Crippen LogP contribution in [-0.4, -0.2) is 34.6 Å². The number of carbonyl (C=O) groups excluding carboxylic acids is 1. The second-order valence-electron chi connectivity index (χ2n) is 6.64. The van der Waals surface area contributed by atoms with Crippen LogP contribution in [0.3, 0.4) is 0 Å². The Labute approximate surface area is 191 Å². The lowest BCUT2D eigenvalue weighted by Crippen LogP contribution is -2.22. The Morgan fingerprint density at radius 1 is 1.09 bits per heavy atom. The van der Waals surface area contributed by atoms with E-state index in [2.05, 4.69) is 25.9 Å². The molecule has 0 unspecified atom stereocenters. The number of benzene rings is 2. The van der Waals surface area contributed by atoms with Gasteiger partial charge in [0, 0.05) is 25.0 Å². The standard InChI is InChI=1S/C22H21N5O2S.C2H6/c1-23-22(29)16-11-24-21(26-15-7-8-17-20(9-15)30-13-25-17)10-18(16)27-19(12-28)14-5-3-2-4-6-14;1-2/h2-11,13,19,28H,12H2,1H3,(H,23,29)(H2,24,26,27);1-2H3/t19-;/m1./s1. The van der Waals surface area contributed by atoms with Gasteiger partial charge in [-0.15, -0.1) is 11.3 Å². The van der Waals surface area contributed by atoms with Crippen LogP contribution in [0.5, 0.6) is 0 Å². The van der Waals surface area contributed by atoms with Crippen molar-refractivity contribution < 1.29 is 9.90 Å². The first-order valence-electron chi connectivity index (χ1n) is 10.4. The molecule has 0 radical (unpaired) electrons. The molecule has 4 N–H and O–H groups in total. The summed E-state index contributed by atoms with van der Waals surface area (Å²) < 4.78 is 1.07. The van der Waals surface area contributed by atoms with Gasteiger partial charge in [0.25, 0.3) is 5.91 Å². The second kappa shape index (κ2) is 11.2. The molecule has 166 valence electrons. The molecule has 2 heterocycles. The van der Waals surface area contributed by atoms with Crippen LogP contribution in [0.2, 0.25) is 0 Å². The van der Waals surface area contributed by atoms with Gasteiger partial charge in [0.1, 0.15) is 5.82 Å². The predicted molar refractivity (Wildman–Crippen MR) is 132 cm³/mol. The van der Waals surface area contributed by atoms with Crippen LogP contribution >= 0.6 is 11.3 Å². The second-order valence-corrected chi connectivity index (χ2v) is 7.53. The van der Waals surface area contributed by atoms with E-state index in [1.807, 2.05) is 67.9 Å². The summed E-state index contributed by atoms with van der Waals surface area (Å²) in [5, 5.41) is 19.1. The topological polar surface area (TPSA) is 99.2 Å². The molecule has 7 nitrogen and oxygen atoms in total. The first kappa shape index (κ1) is 23.2. The monoisotopic (exact) mass is 449 g/mol. The van der Waals surface area contributed by atoms with Gasteiger partial charge in [0.15, 0.2) is 0 Å². The molecule has 0 aliphatic rings. The van der Waals surface area contributed by atoms with Crippen molar-refractivity contribution in [2.24, 2.45) is 0 Å². The molecule has 4 rings (SSSR count). The third kappa shape index (κ3) is 5.40. The summed E-state index contributed by atoms with van der Waals surface area (Å²) >= 11 is 1.57. The molecule has 0 fully saturated rings. The number of nitrogens with one attached hydrogen (secondary N) is 3. The molecule has 2 aromatic carbocycles. The SMILES string of the molecule is CC.CNC(=O)c1cnc(Nc2ccc3ncsc3c2)cc1N[C@H](CO)c1ccccc1. The van der Waals surface area contributed by atoms with Crippen LogP contribution < -0.4 is 16.0 Å². The van der Waals surface area contributed by atoms with E-state index < -0.39 is 0 Å². The Bertz CT molecular complexity index is 1160. The van der Waals surface area contributed by atoms with Gasteiger partial charge >= 0.3 is 0 Å². The molecule has 0 aliphatic carbocycles. The van der Waals surface area contributed by atoms with Crippen molar-refractivity contribution in [1.29, 1.82) is 0 Å². The van der Waals surface area contributed by atoms with E-state index >= 15 is 0 Å². The summed E-state index contributed by atoms with van der Waals surface area (Å²) in [5.41, 5.74) is 5.53. The van der Waals surface area contributed by atoms with Crippen LogP contribution in [0.25, 0.3) is 10.2 Å². The molecule has 0 saturated carbocycles. The van der Waals surface area contributed by atoms with Gasteiger partial charge in [-0.3, -0.25) is 4.79 Å². The Morgan fingerprint density at radius 3 is 2.59 bits per heavy atom. The van der Waals surface area contributed by atoms with E-state index in [1.165, 1.54) is 6.20 Å². The summed E-state index contributed by atoms with van der Waals surface area (Å²) in [7, 11) is 1.57. The van der Waals surface area contributed by atoms with Crippen molar-refractivity contribution in [1.82, 2.24) is 15.3 Å². The lowest BCUT2D eigenvalue weighted by molar-refractivity contribution is 0.0963. The number of hydrogen-bond acceptors (Lipinski definition) is 7. The quantitative estimate of drug-likeness (QED) is 0.318. The lowest BCUT2D eigenvalue weighted by Gasteiger charge is -2.20. The first-order chi connectivity index (χ1) is 15.7. The minimum atomic E-state index is -0.363. The van der Waals surface area contributed by atoms with E-state index in [0.29, 0.717) is 17.1 Å². The number of carbonyl (C=O) groups is 1. The minimum absolute atomic E-state index is 0.121. The van der Waals surface area contributed by atoms with Crippen molar-refractivity contribution in [2.75, 3.05) is 24.3 Å². The number of aromatic nitrogens is 2. The van der Waals surface area contributed by atoms with Gasteiger partial charge < -0.3 is 21.1 Å². The van der Waals surface area contributed by atoms with Gasteiger partial charge in [0.2, 0.25) is 0 Å². The molecule has 0 bridgehead atoms. The highest BCUT2D eigenvalue weighted by molar-refractivity contribution is 7.16. The van der Waals surface area contributed by atoms with Gasteiger partial charge in [-0.25, -0.2) is 9.97 Å². The maximum Gasteiger partial charge on any atom is 0.254 e. The van der Waals surface area contributed by atoms with Crippen molar-refractivity contribution in [3.8, 4) is 0 Å². The number of rotatable bonds is 7. The molecule has 1 amide bonds. The number of aliphatic hydroxyl groups excluding tert-OH is 1. The summed E-state index contributed by atoms with van der Waals surface area (Å²) in [6.45, 7) is 3.88. The van der Waals surface area contributed by atoms with Crippen LogP contribution in [0.1, 0.15) is 35.8 Å². The fraction of sp³-hybridized carbons (Fsp3) is 0.208. The highest BCUT2D eigenvalue weighted by atomic mass is 32.1. The number of aliphatic hydroxyl groups is 1. The molecule has 0 saturated heterocycles. The van der Waals surface area contributed by atoms with E-state index in [4.69, 9.17) is 0 Å². The van der Waals surface area contributed by atoms with Gasteiger partial charge in [-0.1, -0.05) is 44.2 Å². The average molecular weight is 450 g/mol.